The smallest absolute Gasteiger partial charge is 0.423 e. The molecular formula is C15H12BNO2. The van der Waals surface area contributed by atoms with E-state index in [2.05, 4.69) is 6.07 Å². The van der Waals surface area contributed by atoms with E-state index < -0.39 is 7.12 Å². The Hall–Kier alpha value is -2.09. The average molecular weight is 249 g/mol. The minimum Gasteiger partial charge on any atom is -0.423 e. The number of hydrogen-bond donors (Lipinski definition) is 1. The minimum atomic E-state index is -0.815. The number of nitrogens with zero attached hydrogens (tertiary/aromatic N) is 1. The van der Waals surface area contributed by atoms with Gasteiger partial charge in [-0.05, 0) is 40.7 Å². The van der Waals surface area contributed by atoms with E-state index in [4.69, 9.17) is 9.92 Å². The van der Waals surface area contributed by atoms with Gasteiger partial charge in [-0.25, -0.2) is 0 Å². The molecule has 2 aromatic carbocycles. The maximum absolute atomic E-state index is 9.86. The van der Waals surface area contributed by atoms with Crippen LogP contribution in [0.15, 0.2) is 42.5 Å². The molecule has 0 amide bonds. The zero-order valence-electron chi connectivity index (χ0n) is 10.3. The highest BCUT2D eigenvalue weighted by Crippen LogP contribution is 2.16. The number of benzene rings is 2. The van der Waals surface area contributed by atoms with Crippen LogP contribution in [0.3, 0.4) is 0 Å². The van der Waals surface area contributed by atoms with Gasteiger partial charge in [-0.1, -0.05) is 30.3 Å². The summed E-state index contributed by atoms with van der Waals surface area (Å²) >= 11 is 0. The van der Waals surface area contributed by atoms with Crippen molar-refractivity contribution in [2.24, 2.45) is 0 Å². The van der Waals surface area contributed by atoms with E-state index in [1.807, 2.05) is 42.5 Å². The van der Waals surface area contributed by atoms with Crippen molar-refractivity contribution in [1.82, 2.24) is 0 Å². The Bertz CT molecular complexity index is 646. The van der Waals surface area contributed by atoms with Crippen LogP contribution in [-0.2, 0) is 17.7 Å². The topological polar surface area (TPSA) is 53.2 Å². The monoisotopic (exact) mass is 249 g/mol. The largest absolute Gasteiger partial charge is 0.492 e. The van der Waals surface area contributed by atoms with E-state index in [9.17, 15) is 5.02 Å². The minimum absolute atomic E-state index is 0.470. The van der Waals surface area contributed by atoms with Gasteiger partial charge in [-0.3, -0.25) is 0 Å². The van der Waals surface area contributed by atoms with Crippen LogP contribution in [0.25, 0.3) is 0 Å². The lowest BCUT2D eigenvalue weighted by atomic mass is 9.75. The molecule has 0 atom stereocenters. The Morgan fingerprint density at radius 1 is 1.21 bits per heavy atom. The zero-order valence-corrected chi connectivity index (χ0v) is 10.3. The first kappa shape index (κ1) is 12.0. The fourth-order valence-electron chi connectivity index (χ4n) is 2.43. The third kappa shape index (κ3) is 2.26. The lowest BCUT2D eigenvalue weighted by molar-refractivity contribution is 0.275. The van der Waals surface area contributed by atoms with Gasteiger partial charge in [0.25, 0.3) is 0 Å². The van der Waals surface area contributed by atoms with Gasteiger partial charge in [0, 0.05) is 0 Å². The normalized spacial score (nSPS) is 13.2. The predicted molar refractivity (Wildman–Crippen MR) is 72.8 cm³/mol. The third-order valence-corrected chi connectivity index (χ3v) is 3.41. The molecule has 3 nitrogen and oxygen atoms in total. The second-order valence-corrected chi connectivity index (χ2v) is 4.64. The summed E-state index contributed by atoms with van der Waals surface area (Å²) in [5.74, 6) is 0. The maximum Gasteiger partial charge on any atom is 0.492 e. The second kappa shape index (κ2) is 4.89. The molecule has 0 fully saturated rings. The van der Waals surface area contributed by atoms with Crippen molar-refractivity contribution in [2.45, 2.75) is 13.0 Å². The number of rotatable bonds is 2. The molecule has 0 bridgehead atoms. The Morgan fingerprint density at radius 3 is 2.74 bits per heavy atom. The molecule has 19 heavy (non-hydrogen) atoms. The summed E-state index contributed by atoms with van der Waals surface area (Å²) in [4.78, 5) is 0. The van der Waals surface area contributed by atoms with Crippen molar-refractivity contribution >= 4 is 12.6 Å². The van der Waals surface area contributed by atoms with Crippen LogP contribution in [-0.4, -0.2) is 12.1 Å². The summed E-state index contributed by atoms with van der Waals surface area (Å²) in [6, 6.07) is 15.6. The van der Waals surface area contributed by atoms with Crippen LogP contribution in [0, 0.1) is 11.3 Å². The Morgan fingerprint density at radius 2 is 2.00 bits per heavy atom. The maximum atomic E-state index is 9.86. The standard InChI is InChI=1S/C15H12BNO2/c17-9-12-6-4-11(5-7-12)8-13-2-1-3-14-10-19-16(18)15(13)14/h1-7,18H,8,10H2. The van der Waals surface area contributed by atoms with E-state index in [-0.39, 0.29) is 0 Å². The molecule has 1 aliphatic rings. The molecule has 92 valence electrons. The SMILES string of the molecule is N#Cc1ccc(Cc2cccc3c2B(O)OC3)cc1. The summed E-state index contributed by atoms with van der Waals surface area (Å²) in [6.07, 6.45) is 0.731. The van der Waals surface area contributed by atoms with Gasteiger partial charge in [0.1, 0.15) is 0 Å². The van der Waals surface area contributed by atoms with Crippen LogP contribution >= 0.6 is 0 Å². The Labute approximate surface area is 112 Å². The second-order valence-electron chi connectivity index (χ2n) is 4.64. The molecule has 3 rings (SSSR count). The molecular weight excluding hydrogens is 237 g/mol. The molecule has 2 aromatic rings. The van der Waals surface area contributed by atoms with E-state index in [0.29, 0.717) is 12.2 Å². The molecule has 4 heteroatoms. The molecule has 0 spiro atoms. The van der Waals surface area contributed by atoms with Gasteiger partial charge in [0.15, 0.2) is 0 Å². The Balaban J connectivity index is 1.92. The molecule has 1 N–H and O–H groups in total. The lowest BCUT2D eigenvalue weighted by Crippen LogP contribution is -2.31. The van der Waals surface area contributed by atoms with Gasteiger partial charge < -0.3 is 9.68 Å². The van der Waals surface area contributed by atoms with Crippen LogP contribution in [0.5, 0.6) is 0 Å². The molecule has 0 saturated heterocycles. The lowest BCUT2D eigenvalue weighted by Gasteiger charge is -2.08. The van der Waals surface area contributed by atoms with Crippen molar-refractivity contribution in [1.29, 1.82) is 5.26 Å². The van der Waals surface area contributed by atoms with Gasteiger partial charge in [-0.15, -0.1) is 0 Å². The first-order valence-corrected chi connectivity index (χ1v) is 6.17. The summed E-state index contributed by atoms with van der Waals surface area (Å²) in [5, 5.41) is 18.6. The van der Waals surface area contributed by atoms with Crippen molar-refractivity contribution in [3.8, 4) is 6.07 Å². The van der Waals surface area contributed by atoms with Gasteiger partial charge in [-0.2, -0.15) is 5.26 Å². The fraction of sp³-hybridized carbons (Fsp3) is 0.133. The molecule has 0 aliphatic carbocycles. The number of fused-ring (bicyclic) bond motifs is 1. The van der Waals surface area contributed by atoms with Crippen LogP contribution in [0.1, 0.15) is 22.3 Å². The van der Waals surface area contributed by atoms with Crippen LogP contribution < -0.4 is 5.46 Å². The molecule has 0 radical (unpaired) electrons. The van der Waals surface area contributed by atoms with Crippen molar-refractivity contribution in [3.05, 3.63) is 64.7 Å². The first-order valence-electron chi connectivity index (χ1n) is 6.17. The number of hydrogen-bond acceptors (Lipinski definition) is 3. The van der Waals surface area contributed by atoms with E-state index in [0.717, 1.165) is 28.6 Å². The van der Waals surface area contributed by atoms with Crippen LogP contribution in [0.2, 0.25) is 0 Å². The van der Waals surface area contributed by atoms with Gasteiger partial charge in [0.2, 0.25) is 0 Å². The van der Waals surface area contributed by atoms with Crippen LogP contribution in [0.4, 0.5) is 0 Å². The summed E-state index contributed by atoms with van der Waals surface area (Å²) in [6.45, 7) is 0.470. The van der Waals surface area contributed by atoms with Crippen molar-refractivity contribution < 1.29 is 9.68 Å². The highest BCUT2D eigenvalue weighted by Gasteiger charge is 2.29. The third-order valence-electron chi connectivity index (χ3n) is 3.41. The molecule has 0 saturated carbocycles. The molecule has 0 unspecified atom stereocenters. The Kier molecular flexibility index (Phi) is 3.08. The van der Waals surface area contributed by atoms with Gasteiger partial charge in [0.05, 0.1) is 18.2 Å². The first-order chi connectivity index (χ1) is 9.28. The molecule has 1 aliphatic heterocycles. The highest BCUT2D eigenvalue weighted by atomic mass is 16.5. The van der Waals surface area contributed by atoms with Crippen molar-refractivity contribution in [2.75, 3.05) is 0 Å². The van der Waals surface area contributed by atoms with E-state index >= 15 is 0 Å². The fourth-order valence-corrected chi connectivity index (χ4v) is 2.43. The molecule has 1 heterocycles. The summed E-state index contributed by atoms with van der Waals surface area (Å²) < 4.78 is 5.25. The van der Waals surface area contributed by atoms with E-state index in [1.165, 1.54) is 0 Å². The predicted octanol–water partition coefficient (Wildman–Crippen LogP) is 1.37. The summed E-state index contributed by atoms with van der Waals surface area (Å²) in [5.41, 5.74) is 4.80. The van der Waals surface area contributed by atoms with Gasteiger partial charge >= 0.3 is 7.12 Å². The molecule has 0 aromatic heterocycles. The number of nitriles is 1. The summed E-state index contributed by atoms with van der Waals surface area (Å²) in [7, 11) is -0.815. The van der Waals surface area contributed by atoms with Crippen molar-refractivity contribution in [3.63, 3.8) is 0 Å². The van der Waals surface area contributed by atoms with E-state index in [1.54, 1.807) is 0 Å². The zero-order chi connectivity index (χ0) is 13.2. The quantitative estimate of drug-likeness (QED) is 0.817. The average Bonchev–Trinajstić information content (AvgIpc) is 2.83. The highest BCUT2D eigenvalue weighted by molar-refractivity contribution is 6.62.